The number of ether oxygens (including phenoxy) is 3. The zero-order valence-corrected chi connectivity index (χ0v) is 23.0. The van der Waals surface area contributed by atoms with Crippen molar-refractivity contribution >= 4 is 29.0 Å². The Kier molecular flexibility index (Phi) is 7.93. The summed E-state index contributed by atoms with van der Waals surface area (Å²) in [6, 6.07) is 5.32. The molecule has 1 aliphatic carbocycles. The fourth-order valence-corrected chi connectivity index (χ4v) is 5.53. The fourth-order valence-electron chi connectivity index (χ4n) is 5.53. The van der Waals surface area contributed by atoms with Gasteiger partial charge in [-0.1, -0.05) is 45.1 Å². The molecule has 3 heterocycles. The van der Waals surface area contributed by atoms with Gasteiger partial charge in [0, 0.05) is 12.8 Å². The van der Waals surface area contributed by atoms with Crippen LogP contribution in [0.15, 0.2) is 36.4 Å². The quantitative estimate of drug-likeness (QED) is 0.510. The van der Waals surface area contributed by atoms with Crippen molar-refractivity contribution in [3.8, 4) is 5.88 Å². The topological polar surface area (TPSA) is 140 Å². The number of amides is 2. The number of benzene rings is 1. The molecule has 1 aromatic heterocycles. The van der Waals surface area contributed by atoms with Crippen molar-refractivity contribution < 1.29 is 33.7 Å². The first-order chi connectivity index (χ1) is 19.1. The summed E-state index contributed by atoms with van der Waals surface area (Å²) in [6.07, 6.45) is 4.56. The van der Waals surface area contributed by atoms with Crippen LogP contribution >= 0.6 is 0 Å². The Balaban J connectivity index is 1.50. The molecule has 11 nitrogen and oxygen atoms in total. The van der Waals surface area contributed by atoms with Crippen molar-refractivity contribution in [3.05, 3.63) is 42.1 Å². The number of allylic oxidation sites excluding steroid dienone is 1. The molecule has 2 N–H and O–H groups in total. The zero-order valence-electron chi connectivity index (χ0n) is 23.0. The molecular formula is C29H36N4O7. The van der Waals surface area contributed by atoms with Gasteiger partial charge in [-0.15, -0.1) is 0 Å². The number of para-hydroxylation sites is 2. The highest BCUT2D eigenvalue weighted by molar-refractivity contribution is 5.90. The van der Waals surface area contributed by atoms with E-state index < -0.39 is 47.7 Å². The minimum atomic E-state index is -1.14. The molecule has 40 heavy (non-hydrogen) atoms. The van der Waals surface area contributed by atoms with E-state index in [0.29, 0.717) is 36.5 Å². The van der Waals surface area contributed by atoms with Crippen LogP contribution in [-0.2, 0) is 25.5 Å². The zero-order chi connectivity index (χ0) is 28.4. The summed E-state index contributed by atoms with van der Waals surface area (Å²) < 4.78 is 18.0. The molecule has 2 fully saturated rings. The number of carboxylic acid groups (broad SMARTS) is 1. The molecule has 0 spiro atoms. The maximum atomic E-state index is 13.8. The van der Waals surface area contributed by atoms with Crippen LogP contribution in [0.5, 0.6) is 5.88 Å². The first-order valence-electron chi connectivity index (χ1n) is 13.8. The van der Waals surface area contributed by atoms with Gasteiger partial charge in [-0.3, -0.25) is 4.79 Å². The second-order valence-corrected chi connectivity index (χ2v) is 11.6. The van der Waals surface area contributed by atoms with Gasteiger partial charge in [0.05, 0.1) is 30.3 Å². The van der Waals surface area contributed by atoms with Crippen LogP contribution in [-0.4, -0.2) is 81.5 Å². The third-order valence-corrected chi connectivity index (χ3v) is 7.63. The second kappa shape index (κ2) is 11.4. The molecule has 2 bridgehead atoms. The summed E-state index contributed by atoms with van der Waals surface area (Å²) in [5.41, 5.74) is 1.26. The van der Waals surface area contributed by atoms with E-state index in [1.165, 1.54) is 4.90 Å². The average Bonchev–Trinajstić information content (AvgIpc) is 3.52. The number of carboxylic acids is 1. The van der Waals surface area contributed by atoms with Crippen molar-refractivity contribution in [3.63, 3.8) is 0 Å². The lowest BCUT2D eigenvalue weighted by Gasteiger charge is -2.35. The minimum absolute atomic E-state index is 0.0292. The molecule has 0 radical (unpaired) electrons. The maximum absolute atomic E-state index is 13.8. The number of alkyl carbamates (subject to hydrolysis) is 1. The monoisotopic (exact) mass is 552 g/mol. The molecule has 5 unspecified atom stereocenters. The normalized spacial score (nSPS) is 28.1. The Morgan fingerprint density at radius 2 is 1.77 bits per heavy atom. The van der Waals surface area contributed by atoms with Crippen molar-refractivity contribution in [2.24, 2.45) is 5.41 Å². The van der Waals surface area contributed by atoms with Gasteiger partial charge in [0.2, 0.25) is 11.8 Å². The predicted molar refractivity (Wildman–Crippen MR) is 145 cm³/mol. The Morgan fingerprint density at radius 1 is 1.05 bits per heavy atom. The van der Waals surface area contributed by atoms with Crippen molar-refractivity contribution in [1.82, 2.24) is 20.2 Å². The summed E-state index contributed by atoms with van der Waals surface area (Å²) in [4.78, 5) is 49.8. The lowest BCUT2D eigenvalue weighted by Crippen LogP contribution is -2.57. The Morgan fingerprint density at radius 3 is 2.50 bits per heavy atom. The molecule has 214 valence electrons. The van der Waals surface area contributed by atoms with Gasteiger partial charge in [0.25, 0.3) is 0 Å². The van der Waals surface area contributed by atoms with E-state index in [-0.39, 0.29) is 19.1 Å². The molecule has 1 saturated heterocycles. The van der Waals surface area contributed by atoms with Gasteiger partial charge < -0.3 is 29.5 Å². The van der Waals surface area contributed by atoms with E-state index in [9.17, 15) is 19.5 Å². The number of nitrogens with zero attached hydrogens (tertiary/aromatic N) is 3. The van der Waals surface area contributed by atoms with Crippen LogP contribution in [0.3, 0.4) is 0 Å². The number of fused-ring (bicyclic) bond motifs is 5. The van der Waals surface area contributed by atoms with Gasteiger partial charge in [0.1, 0.15) is 30.0 Å². The number of carbonyl (C=O) groups is 3. The highest BCUT2D eigenvalue weighted by atomic mass is 16.6. The van der Waals surface area contributed by atoms with Crippen LogP contribution < -0.4 is 10.1 Å². The van der Waals surface area contributed by atoms with Gasteiger partial charge in [-0.25, -0.2) is 19.6 Å². The number of hydrogen-bond donors (Lipinski definition) is 2. The van der Waals surface area contributed by atoms with Crippen LogP contribution in [0.4, 0.5) is 4.79 Å². The lowest BCUT2D eigenvalue weighted by molar-refractivity contribution is -0.150. The maximum Gasteiger partial charge on any atom is 0.408 e. The Bertz CT molecular complexity index is 1310. The first-order valence-corrected chi connectivity index (χ1v) is 13.8. The summed E-state index contributed by atoms with van der Waals surface area (Å²) in [5, 5.41) is 12.7. The highest BCUT2D eigenvalue weighted by Gasteiger charge is 2.46. The van der Waals surface area contributed by atoms with E-state index in [1.807, 2.05) is 57.2 Å². The van der Waals surface area contributed by atoms with Crippen LogP contribution in [0, 0.1) is 5.41 Å². The molecule has 2 aliphatic heterocycles. The van der Waals surface area contributed by atoms with Gasteiger partial charge >= 0.3 is 12.1 Å². The van der Waals surface area contributed by atoms with Gasteiger partial charge in [-0.2, -0.15) is 0 Å². The summed E-state index contributed by atoms with van der Waals surface area (Å²) >= 11 is 0. The van der Waals surface area contributed by atoms with E-state index in [1.54, 1.807) is 0 Å². The molecule has 5 rings (SSSR count). The Hall–Kier alpha value is -3.73. The molecular weight excluding hydrogens is 516 g/mol. The standard InChI is InChI=1S/C29H36N4O7/c1-29(2,3)24-26(34)33-16-17(15-21(33)27(35)36)39-25-20(30-18-9-4-5-10-19(18)31-25)11-6-7-14-38-22-12-8-13-23(22)40-28(37)32-24/h4-7,9-10,17,21-24H,8,11-16H2,1-3H3,(H,32,37)(H,35,36). The molecule has 2 aromatic rings. The van der Waals surface area contributed by atoms with Crippen LogP contribution in [0.25, 0.3) is 11.0 Å². The summed E-state index contributed by atoms with van der Waals surface area (Å²) in [7, 11) is 0. The van der Waals surface area contributed by atoms with Crippen LogP contribution in [0.1, 0.15) is 52.1 Å². The van der Waals surface area contributed by atoms with Gasteiger partial charge in [0.15, 0.2) is 0 Å². The third kappa shape index (κ3) is 6.04. The van der Waals surface area contributed by atoms with Crippen molar-refractivity contribution in [2.45, 2.75) is 83.3 Å². The molecule has 1 aromatic carbocycles. The average molecular weight is 553 g/mol. The summed E-state index contributed by atoms with van der Waals surface area (Å²) in [6.45, 7) is 5.80. The molecule has 11 heteroatoms. The minimum Gasteiger partial charge on any atom is -0.480 e. The Labute approximate surface area is 232 Å². The predicted octanol–water partition coefficient (Wildman–Crippen LogP) is 3.25. The fraction of sp³-hybridized carbons (Fsp3) is 0.552. The first kappa shape index (κ1) is 27.8. The van der Waals surface area contributed by atoms with Crippen LogP contribution in [0.2, 0.25) is 0 Å². The smallest absolute Gasteiger partial charge is 0.408 e. The number of hydrogen-bond acceptors (Lipinski definition) is 8. The largest absolute Gasteiger partial charge is 0.480 e. The highest BCUT2D eigenvalue weighted by Crippen LogP contribution is 2.30. The summed E-state index contributed by atoms with van der Waals surface area (Å²) in [5.74, 6) is -1.34. The third-order valence-electron chi connectivity index (χ3n) is 7.63. The van der Waals surface area contributed by atoms with E-state index in [2.05, 4.69) is 10.3 Å². The second-order valence-electron chi connectivity index (χ2n) is 11.6. The van der Waals surface area contributed by atoms with E-state index in [4.69, 9.17) is 19.2 Å². The SMILES string of the molecule is CC(C)(C)C1NC(=O)OC2CCCC2OCC=CCc2nc3ccccc3nc2OC2CC(C(=O)O)N(C2)C1=O. The number of carbonyl (C=O) groups excluding carboxylic acids is 2. The van der Waals surface area contributed by atoms with E-state index >= 15 is 0 Å². The number of aliphatic carboxylic acids is 1. The number of nitrogens with one attached hydrogen (secondary N) is 1. The number of rotatable bonds is 1. The number of aromatic nitrogens is 2. The molecule has 2 amide bonds. The lowest BCUT2D eigenvalue weighted by atomic mass is 9.85. The van der Waals surface area contributed by atoms with Crippen molar-refractivity contribution in [2.75, 3.05) is 13.2 Å². The molecule has 3 aliphatic rings. The molecule has 5 atom stereocenters. The van der Waals surface area contributed by atoms with E-state index in [0.717, 1.165) is 18.4 Å². The van der Waals surface area contributed by atoms with Gasteiger partial charge in [-0.05, 0) is 36.8 Å². The molecule has 1 saturated carbocycles. The van der Waals surface area contributed by atoms with Crippen molar-refractivity contribution in [1.29, 1.82) is 0 Å².